The molecule has 0 fully saturated rings. The van der Waals surface area contributed by atoms with Gasteiger partial charge in [-0.15, -0.1) is 0 Å². The summed E-state index contributed by atoms with van der Waals surface area (Å²) in [5, 5.41) is 6.19. The van der Waals surface area contributed by atoms with Crippen molar-refractivity contribution in [1.82, 2.24) is 29.5 Å². The third kappa shape index (κ3) is 2.68. The molecule has 17 heavy (non-hydrogen) atoms. The first-order valence-electron chi connectivity index (χ1n) is 4.97. The highest BCUT2D eigenvalue weighted by molar-refractivity contribution is 7.89. The van der Waals surface area contributed by atoms with Crippen molar-refractivity contribution in [3.8, 4) is 0 Å². The first kappa shape index (κ1) is 11.7. The summed E-state index contributed by atoms with van der Waals surface area (Å²) in [6.45, 7) is 2.63. The van der Waals surface area contributed by atoms with E-state index in [0.29, 0.717) is 12.4 Å². The molecular weight excluding hydrogens is 244 g/mol. The maximum atomic E-state index is 11.8. The summed E-state index contributed by atoms with van der Waals surface area (Å²) in [5.41, 5.74) is 0. The lowest BCUT2D eigenvalue weighted by atomic mass is 10.6. The molecular formula is C8H12N6O2S. The number of hydrogen-bond acceptors (Lipinski definition) is 5. The third-order valence-corrected chi connectivity index (χ3v) is 3.43. The average molecular weight is 256 g/mol. The Morgan fingerprint density at radius 1 is 1.47 bits per heavy atom. The number of imidazole rings is 1. The number of rotatable bonds is 5. The molecule has 0 bridgehead atoms. The van der Waals surface area contributed by atoms with Gasteiger partial charge in [-0.1, -0.05) is 0 Å². The number of aromatic nitrogens is 5. The Bertz CT molecular complexity index is 573. The number of aryl methyl sites for hydroxylation is 1. The van der Waals surface area contributed by atoms with E-state index in [9.17, 15) is 8.42 Å². The molecule has 0 aromatic carbocycles. The first-order valence-corrected chi connectivity index (χ1v) is 6.46. The van der Waals surface area contributed by atoms with Gasteiger partial charge in [-0.05, 0) is 6.92 Å². The number of sulfonamides is 1. The van der Waals surface area contributed by atoms with Gasteiger partial charge < -0.3 is 4.57 Å². The molecule has 0 unspecified atom stereocenters. The van der Waals surface area contributed by atoms with Gasteiger partial charge in [0.25, 0.3) is 10.0 Å². The van der Waals surface area contributed by atoms with Crippen LogP contribution in [0.1, 0.15) is 12.7 Å². The summed E-state index contributed by atoms with van der Waals surface area (Å²) >= 11 is 0. The van der Waals surface area contributed by atoms with E-state index in [2.05, 4.69) is 24.9 Å². The van der Waals surface area contributed by atoms with E-state index in [1.807, 2.05) is 6.92 Å². The Morgan fingerprint density at radius 3 is 2.88 bits per heavy atom. The van der Waals surface area contributed by atoms with Gasteiger partial charge in [0.15, 0.2) is 5.03 Å². The van der Waals surface area contributed by atoms with Crippen LogP contribution in [0.4, 0.5) is 0 Å². The van der Waals surface area contributed by atoms with Crippen molar-refractivity contribution in [3.05, 3.63) is 24.7 Å². The minimum absolute atomic E-state index is 0.00105. The van der Waals surface area contributed by atoms with Gasteiger partial charge in [-0.25, -0.2) is 23.1 Å². The van der Waals surface area contributed by atoms with Crippen LogP contribution >= 0.6 is 0 Å². The van der Waals surface area contributed by atoms with E-state index in [1.165, 1.54) is 18.9 Å². The van der Waals surface area contributed by atoms with Crippen LogP contribution in [0.15, 0.2) is 23.9 Å². The molecule has 0 aliphatic rings. The van der Waals surface area contributed by atoms with E-state index in [1.54, 1.807) is 4.57 Å². The molecule has 9 heteroatoms. The summed E-state index contributed by atoms with van der Waals surface area (Å²) in [4.78, 5) is 7.64. The number of nitrogens with one attached hydrogen (secondary N) is 2. The lowest BCUT2D eigenvalue weighted by molar-refractivity contribution is 0.576. The fraction of sp³-hybridized carbons (Fsp3) is 0.375. The minimum Gasteiger partial charge on any atom is -0.336 e. The molecule has 0 amide bonds. The van der Waals surface area contributed by atoms with Gasteiger partial charge in [-0.2, -0.15) is 5.10 Å². The van der Waals surface area contributed by atoms with Crippen LogP contribution < -0.4 is 4.72 Å². The normalized spacial score (nSPS) is 11.8. The Labute approximate surface area is 98.1 Å². The van der Waals surface area contributed by atoms with E-state index in [0.717, 1.165) is 0 Å². The molecule has 0 aliphatic carbocycles. The second kappa shape index (κ2) is 4.63. The zero-order valence-electron chi connectivity index (χ0n) is 9.16. The molecule has 0 atom stereocenters. The van der Waals surface area contributed by atoms with Crippen LogP contribution in [0.5, 0.6) is 0 Å². The highest BCUT2D eigenvalue weighted by Crippen LogP contribution is 2.05. The highest BCUT2D eigenvalue weighted by atomic mass is 32.2. The van der Waals surface area contributed by atoms with Gasteiger partial charge in [0.1, 0.15) is 12.2 Å². The maximum absolute atomic E-state index is 11.8. The van der Waals surface area contributed by atoms with Crippen molar-refractivity contribution < 1.29 is 8.42 Å². The van der Waals surface area contributed by atoms with E-state index >= 15 is 0 Å². The number of hydrogen-bond donors (Lipinski definition) is 2. The van der Waals surface area contributed by atoms with Crippen molar-refractivity contribution in [3.63, 3.8) is 0 Å². The third-order valence-electron chi connectivity index (χ3n) is 2.14. The predicted octanol–water partition coefficient (Wildman–Crippen LogP) is -0.500. The Morgan fingerprint density at radius 2 is 2.29 bits per heavy atom. The molecule has 2 aromatic rings. The summed E-state index contributed by atoms with van der Waals surface area (Å²) < 4.78 is 27.7. The minimum atomic E-state index is -3.60. The highest BCUT2D eigenvalue weighted by Gasteiger charge is 2.17. The van der Waals surface area contributed by atoms with Crippen LogP contribution in [0.25, 0.3) is 0 Å². The van der Waals surface area contributed by atoms with Crippen LogP contribution in [0, 0.1) is 0 Å². The van der Waals surface area contributed by atoms with Crippen LogP contribution in [0.3, 0.4) is 0 Å². The molecule has 2 rings (SSSR count). The Balaban J connectivity index is 2.08. The number of H-pyrrole nitrogens is 1. The van der Waals surface area contributed by atoms with Gasteiger partial charge in [0.05, 0.1) is 12.9 Å². The van der Waals surface area contributed by atoms with Crippen molar-refractivity contribution in [2.24, 2.45) is 0 Å². The maximum Gasteiger partial charge on any atom is 0.259 e. The molecule has 92 valence electrons. The van der Waals surface area contributed by atoms with Crippen molar-refractivity contribution in [1.29, 1.82) is 0 Å². The molecule has 0 radical (unpaired) electrons. The summed E-state index contributed by atoms with van der Waals surface area (Å²) in [6, 6.07) is 0. The Kier molecular flexibility index (Phi) is 3.20. The lowest BCUT2D eigenvalue weighted by Gasteiger charge is -2.01. The topological polar surface area (TPSA) is 106 Å². The predicted molar refractivity (Wildman–Crippen MR) is 58.3 cm³/mol. The first-order chi connectivity index (χ1) is 8.12. The molecule has 2 heterocycles. The smallest absolute Gasteiger partial charge is 0.259 e. The average Bonchev–Trinajstić information content (AvgIpc) is 2.98. The molecule has 8 nitrogen and oxygen atoms in total. The fourth-order valence-electron chi connectivity index (χ4n) is 1.20. The zero-order valence-corrected chi connectivity index (χ0v) is 9.98. The molecule has 2 N–H and O–H groups in total. The summed E-state index contributed by atoms with van der Waals surface area (Å²) in [5.74, 6) is 0.448. The molecule has 0 saturated carbocycles. The van der Waals surface area contributed by atoms with Crippen molar-refractivity contribution in [2.45, 2.75) is 25.0 Å². The fourth-order valence-corrected chi connectivity index (χ4v) is 2.14. The van der Waals surface area contributed by atoms with E-state index in [4.69, 9.17) is 0 Å². The van der Waals surface area contributed by atoms with Gasteiger partial charge in [0.2, 0.25) is 0 Å². The van der Waals surface area contributed by atoms with E-state index < -0.39 is 10.0 Å². The standard InChI is InChI=1S/C8H12N6O2S/c1-2-14-4-8(10-6-14)17(15,16)12-3-7-9-5-11-13-7/h4-6,12H,2-3H2,1H3,(H,9,11,13). The SMILES string of the molecule is CCn1cnc(S(=O)(=O)NCc2ncn[nH]2)c1. The zero-order chi connectivity index (χ0) is 12.3. The van der Waals surface area contributed by atoms with Crippen molar-refractivity contribution >= 4 is 10.0 Å². The summed E-state index contributed by atoms with van der Waals surface area (Å²) in [7, 11) is -3.60. The second-order valence-corrected chi connectivity index (χ2v) is 5.01. The second-order valence-electron chi connectivity index (χ2n) is 3.30. The van der Waals surface area contributed by atoms with Crippen molar-refractivity contribution in [2.75, 3.05) is 0 Å². The van der Waals surface area contributed by atoms with Crippen LogP contribution in [-0.4, -0.2) is 33.2 Å². The largest absolute Gasteiger partial charge is 0.336 e. The summed E-state index contributed by atoms with van der Waals surface area (Å²) in [6.07, 6.45) is 4.27. The number of nitrogens with zero attached hydrogens (tertiary/aromatic N) is 4. The Hall–Kier alpha value is -1.74. The quantitative estimate of drug-likeness (QED) is 0.750. The van der Waals surface area contributed by atoms with Crippen LogP contribution in [-0.2, 0) is 23.1 Å². The number of aromatic amines is 1. The van der Waals surface area contributed by atoms with Gasteiger partial charge >= 0.3 is 0 Å². The van der Waals surface area contributed by atoms with Crippen LogP contribution in [0.2, 0.25) is 0 Å². The molecule has 2 aromatic heterocycles. The monoisotopic (exact) mass is 256 g/mol. The molecule has 0 spiro atoms. The van der Waals surface area contributed by atoms with E-state index in [-0.39, 0.29) is 11.6 Å². The van der Waals surface area contributed by atoms with Gasteiger partial charge in [0, 0.05) is 12.7 Å². The molecule has 0 aliphatic heterocycles. The lowest BCUT2D eigenvalue weighted by Crippen LogP contribution is -2.24. The molecule has 0 saturated heterocycles. The van der Waals surface area contributed by atoms with Gasteiger partial charge in [-0.3, -0.25) is 5.10 Å².